The zero-order chi connectivity index (χ0) is 20.7. The van der Waals surface area contributed by atoms with Crippen molar-refractivity contribution in [2.24, 2.45) is 0 Å². The predicted molar refractivity (Wildman–Crippen MR) is 118 cm³/mol. The molecule has 0 atom stereocenters. The van der Waals surface area contributed by atoms with Crippen molar-refractivity contribution in [3.05, 3.63) is 116 Å². The van der Waals surface area contributed by atoms with E-state index in [0.717, 1.165) is 22.1 Å². The van der Waals surface area contributed by atoms with Crippen molar-refractivity contribution < 1.29 is 4.42 Å². The van der Waals surface area contributed by atoms with Crippen LogP contribution in [0.4, 0.5) is 0 Å². The molecule has 5 nitrogen and oxygen atoms in total. The molecule has 2 heterocycles. The molecule has 0 aliphatic heterocycles. The molecule has 0 aliphatic rings. The summed E-state index contributed by atoms with van der Waals surface area (Å²) < 4.78 is 8.83. The monoisotopic (exact) mass is 396 g/mol. The second-order valence-electron chi connectivity index (χ2n) is 7.51. The van der Waals surface area contributed by atoms with Gasteiger partial charge in [0.15, 0.2) is 0 Å². The van der Waals surface area contributed by atoms with Crippen molar-refractivity contribution in [1.29, 1.82) is 0 Å². The summed E-state index contributed by atoms with van der Waals surface area (Å²) in [5, 5.41) is 0.765. The summed E-state index contributed by atoms with van der Waals surface area (Å²) in [6.07, 6.45) is 0. The van der Waals surface area contributed by atoms with E-state index in [4.69, 9.17) is 4.42 Å². The molecule has 0 aliphatic carbocycles. The minimum atomic E-state index is -0.407. The first-order valence-corrected chi connectivity index (χ1v) is 9.86. The number of aromatic nitrogens is 2. The van der Waals surface area contributed by atoms with Crippen molar-refractivity contribution in [3.63, 3.8) is 0 Å². The minimum absolute atomic E-state index is 0.194. The van der Waals surface area contributed by atoms with Crippen LogP contribution in [0, 0.1) is 6.92 Å². The molecule has 5 heteroatoms. The molecule has 5 rings (SSSR count). The van der Waals surface area contributed by atoms with E-state index >= 15 is 0 Å². The Bertz CT molecular complexity index is 1470. The van der Waals surface area contributed by atoms with Crippen LogP contribution in [0.3, 0.4) is 0 Å². The van der Waals surface area contributed by atoms with Crippen molar-refractivity contribution in [2.45, 2.75) is 20.0 Å². The quantitative estimate of drug-likeness (QED) is 0.455. The van der Waals surface area contributed by atoms with Gasteiger partial charge in [0.1, 0.15) is 11.1 Å². The number of furan rings is 1. The third kappa shape index (κ3) is 3.05. The summed E-state index contributed by atoms with van der Waals surface area (Å²) in [6.45, 7) is 2.57. The van der Waals surface area contributed by atoms with Crippen molar-refractivity contribution in [1.82, 2.24) is 9.13 Å². The second-order valence-corrected chi connectivity index (χ2v) is 7.51. The van der Waals surface area contributed by atoms with E-state index < -0.39 is 5.56 Å². The van der Waals surface area contributed by atoms with Gasteiger partial charge in [0.25, 0.3) is 5.56 Å². The molecule has 0 amide bonds. The first-order valence-electron chi connectivity index (χ1n) is 9.86. The fourth-order valence-corrected chi connectivity index (χ4v) is 3.82. The van der Waals surface area contributed by atoms with Crippen molar-refractivity contribution in [3.8, 4) is 0 Å². The summed E-state index contributed by atoms with van der Waals surface area (Å²) in [7, 11) is 0. The first kappa shape index (κ1) is 18.2. The Morgan fingerprint density at radius 2 is 1.37 bits per heavy atom. The van der Waals surface area contributed by atoms with Crippen LogP contribution in [0.2, 0.25) is 0 Å². The van der Waals surface area contributed by atoms with Crippen LogP contribution in [-0.2, 0) is 13.1 Å². The van der Waals surface area contributed by atoms with E-state index in [1.807, 2.05) is 85.8 Å². The standard InChI is InChI=1S/C25H20N2O3/c1-17-11-13-19(14-12-17)15-26-22-20-9-5-6-10-21(20)30-23(22)24(28)27(25(26)29)16-18-7-3-2-4-8-18/h2-14H,15-16H2,1H3. The fraction of sp³-hybridized carbons (Fsp3) is 0.120. The highest BCUT2D eigenvalue weighted by Gasteiger charge is 2.20. The topological polar surface area (TPSA) is 57.1 Å². The third-order valence-electron chi connectivity index (χ3n) is 5.39. The summed E-state index contributed by atoms with van der Waals surface area (Å²) in [5.41, 5.74) is 3.62. The van der Waals surface area contributed by atoms with Crippen LogP contribution < -0.4 is 11.2 Å². The molecule has 0 fully saturated rings. The lowest BCUT2D eigenvalue weighted by Crippen LogP contribution is -2.40. The summed E-state index contributed by atoms with van der Waals surface area (Å²) in [4.78, 5) is 26.7. The minimum Gasteiger partial charge on any atom is -0.449 e. The second kappa shape index (κ2) is 7.19. The number of hydrogen-bond donors (Lipinski definition) is 0. The Morgan fingerprint density at radius 3 is 2.13 bits per heavy atom. The maximum Gasteiger partial charge on any atom is 0.332 e. The van der Waals surface area contributed by atoms with Gasteiger partial charge in [-0.15, -0.1) is 0 Å². The molecule has 0 saturated carbocycles. The highest BCUT2D eigenvalue weighted by molar-refractivity contribution is 6.02. The Morgan fingerprint density at radius 1 is 0.733 bits per heavy atom. The van der Waals surface area contributed by atoms with Gasteiger partial charge >= 0.3 is 5.69 Å². The smallest absolute Gasteiger partial charge is 0.332 e. The van der Waals surface area contributed by atoms with Gasteiger partial charge in [-0.3, -0.25) is 13.9 Å². The van der Waals surface area contributed by atoms with Gasteiger partial charge in [-0.05, 0) is 30.2 Å². The summed E-state index contributed by atoms with van der Waals surface area (Å²) >= 11 is 0. The van der Waals surface area contributed by atoms with Crippen LogP contribution in [0.1, 0.15) is 16.7 Å². The molecule has 0 unspecified atom stereocenters. The number of para-hydroxylation sites is 1. The third-order valence-corrected chi connectivity index (χ3v) is 5.39. The molecule has 30 heavy (non-hydrogen) atoms. The van der Waals surface area contributed by atoms with Crippen LogP contribution in [-0.4, -0.2) is 9.13 Å². The van der Waals surface area contributed by atoms with Crippen LogP contribution in [0.25, 0.3) is 22.1 Å². The summed E-state index contributed by atoms with van der Waals surface area (Å²) in [5.74, 6) is 0. The zero-order valence-corrected chi connectivity index (χ0v) is 16.5. The van der Waals surface area contributed by atoms with Gasteiger partial charge in [0.2, 0.25) is 5.58 Å². The Kier molecular flexibility index (Phi) is 4.36. The lowest BCUT2D eigenvalue weighted by Gasteiger charge is -2.12. The van der Waals surface area contributed by atoms with Crippen LogP contribution in [0.5, 0.6) is 0 Å². The molecule has 0 radical (unpaired) electrons. The first-order chi connectivity index (χ1) is 14.6. The number of fused-ring (bicyclic) bond motifs is 3. The van der Waals surface area contributed by atoms with E-state index in [1.54, 1.807) is 4.57 Å². The normalized spacial score (nSPS) is 11.4. The van der Waals surface area contributed by atoms with Crippen LogP contribution in [0.15, 0.2) is 92.9 Å². The number of hydrogen-bond acceptors (Lipinski definition) is 3. The molecule has 148 valence electrons. The lowest BCUT2D eigenvalue weighted by molar-refractivity contribution is 0.600. The number of aryl methyl sites for hydroxylation is 1. The maximum absolute atomic E-state index is 13.5. The van der Waals surface area contributed by atoms with Crippen molar-refractivity contribution in [2.75, 3.05) is 0 Å². The molecule has 0 bridgehead atoms. The van der Waals surface area contributed by atoms with Crippen molar-refractivity contribution >= 4 is 22.1 Å². The highest BCUT2D eigenvalue weighted by atomic mass is 16.3. The lowest BCUT2D eigenvalue weighted by atomic mass is 10.1. The Balaban J connectivity index is 1.79. The number of nitrogens with zero attached hydrogens (tertiary/aromatic N) is 2. The molecule has 3 aromatic carbocycles. The van der Waals surface area contributed by atoms with Gasteiger partial charge < -0.3 is 4.42 Å². The highest BCUT2D eigenvalue weighted by Crippen LogP contribution is 2.26. The van der Waals surface area contributed by atoms with E-state index in [1.165, 1.54) is 4.57 Å². The van der Waals surface area contributed by atoms with E-state index in [2.05, 4.69) is 0 Å². The molecule has 2 aromatic heterocycles. The van der Waals surface area contributed by atoms with Gasteiger partial charge in [-0.25, -0.2) is 4.79 Å². The number of benzene rings is 3. The average molecular weight is 396 g/mol. The predicted octanol–water partition coefficient (Wildman–Crippen LogP) is 4.31. The zero-order valence-electron chi connectivity index (χ0n) is 16.5. The number of rotatable bonds is 4. The molecule has 0 N–H and O–H groups in total. The van der Waals surface area contributed by atoms with Gasteiger partial charge in [-0.2, -0.15) is 0 Å². The average Bonchev–Trinajstić information content (AvgIpc) is 3.16. The molecule has 0 spiro atoms. The van der Waals surface area contributed by atoms with Gasteiger partial charge in [0, 0.05) is 5.39 Å². The Hall–Kier alpha value is -3.86. The molecule has 5 aromatic rings. The molecular weight excluding hydrogens is 376 g/mol. The molecular formula is C25H20N2O3. The Labute approximate surface area is 172 Å². The fourth-order valence-electron chi connectivity index (χ4n) is 3.82. The van der Waals surface area contributed by atoms with Gasteiger partial charge in [0.05, 0.1) is 13.1 Å². The SMILES string of the molecule is Cc1ccc(Cn2c(=O)n(Cc3ccccc3)c(=O)c3oc4ccccc4c32)cc1. The largest absolute Gasteiger partial charge is 0.449 e. The van der Waals surface area contributed by atoms with Gasteiger partial charge in [-0.1, -0.05) is 72.3 Å². The van der Waals surface area contributed by atoms with E-state index in [-0.39, 0.29) is 17.8 Å². The van der Waals surface area contributed by atoms with Crippen LogP contribution >= 0.6 is 0 Å². The summed E-state index contributed by atoms with van der Waals surface area (Å²) in [6, 6.07) is 25.0. The molecule has 0 saturated heterocycles. The maximum atomic E-state index is 13.5. The van der Waals surface area contributed by atoms with E-state index in [9.17, 15) is 9.59 Å². The van der Waals surface area contributed by atoms with E-state index in [0.29, 0.717) is 17.6 Å².